The third kappa shape index (κ3) is 3.58. The quantitative estimate of drug-likeness (QED) is 0.713. The van der Waals surface area contributed by atoms with Crippen molar-refractivity contribution >= 4 is 16.6 Å². The summed E-state index contributed by atoms with van der Waals surface area (Å²) in [5, 5.41) is 4.99. The number of anilines is 1. The molecule has 2 heteroatoms. The van der Waals surface area contributed by atoms with Gasteiger partial charge in [0, 0.05) is 28.2 Å². The van der Waals surface area contributed by atoms with Crippen molar-refractivity contribution < 1.29 is 0 Å². The molecular weight excluding hydrogens is 292 g/mol. The van der Waals surface area contributed by atoms with Crippen molar-refractivity contribution in [3.63, 3.8) is 0 Å². The average Bonchev–Trinajstić information content (AvgIpc) is 2.96. The molecule has 1 fully saturated rings. The second-order valence-corrected chi connectivity index (χ2v) is 9.41. The van der Waals surface area contributed by atoms with Gasteiger partial charge in [-0.3, -0.25) is 4.98 Å². The molecule has 2 nitrogen and oxygen atoms in total. The van der Waals surface area contributed by atoms with E-state index in [1.165, 1.54) is 48.0 Å². The molecule has 0 amide bonds. The van der Waals surface area contributed by atoms with Crippen LogP contribution in [-0.2, 0) is 10.8 Å². The highest BCUT2D eigenvalue weighted by Crippen LogP contribution is 2.34. The molecule has 3 rings (SSSR count). The molecule has 0 radical (unpaired) electrons. The van der Waals surface area contributed by atoms with Crippen LogP contribution in [0.1, 0.15) is 78.5 Å². The number of nitrogens with zero attached hydrogens (tertiary/aromatic N) is 1. The smallest absolute Gasteiger partial charge is 0.0729 e. The molecule has 0 atom stereocenters. The van der Waals surface area contributed by atoms with Crippen LogP contribution in [0.2, 0.25) is 0 Å². The van der Waals surface area contributed by atoms with Crippen LogP contribution in [0.5, 0.6) is 0 Å². The Labute approximate surface area is 147 Å². The first-order valence-corrected chi connectivity index (χ1v) is 9.37. The molecule has 0 unspecified atom stereocenters. The van der Waals surface area contributed by atoms with Crippen molar-refractivity contribution in [2.45, 2.75) is 84.1 Å². The van der Waals surface area contributed by atoms with E-state index in [1.807, 2.05) is 0 Å². The molecule has 1 N–H and O–H groups in total. The first kappa shape index (κ1) is 17.3. The fraction of sp³-hybridized carbons (Fsp3) is 0.591. The van der Waals surface area contributed by atoms with Crippen LogP contribution >= 0.6 is 0 Å². The fourth-order valence-electron chi connectivity index (χ4n) is 3.63. The van der Waals surface area contributed by atoms with E-state index in [4.69, 9.17) is 4.98 Å². The highest BCUT2D eigenvalue weighted by molar-refractivity contribution is 5.86. The third-order valence-electron chi connectivity index (χ3n) is 5.11. The highest BCUT2D eigenvalue weighted by atomic mass is 14.9. The normalized spacial score (nSPS) is 16.8. The average molecular weight is 325 g/mol. The number of fused-ring (bicyclic) bond motifs is 1. The monoisotopic (exact) mass is 324 g/mol. The van der Waals surface area contributed by atoms with Gasteiger partial charge in [0.05, 0.1) is 5.52 Å². The van der Waals surface area contributed by atoms with Crippen LogP contribution in [0, 0.1) is 0 Å². The van der Waals surface area contributed by atoms with Gasteiger partial charge in [0.15, 0.2) is 0 Å². The largest absolute Gasteiger partial charge is 0.382 e. The van der Waals surface area contributed by atoms with Gasteiger partial charge < -0.3 is 5.32 Å². The number of pyridine rings is 1. The minimum atomic E-state index is 0.0586. The first-order valence-electron chi connectivity index (χ1n) is 9.37. The minimum absolute atomic E-state index is 0.0586. The predicted octanol–water partition coefficient (Wildman–Crippen LogP) is 6.18. The Morgan fingerprint density at radius 3 is 2.17 bits per heavy atom. The molecule has 0 bridgehead atoms. The lowest BCUT2D eigenvalue weighted by Crippen LogP contribution is -2.19. The van der Waals surface area contributed by atoms with Crippen LogP contribution in [0.25, 0.3) is 10.9 Å². The summed E-state index contributed by atoms with van der Waals surface area (Å²) >= 11 is 0. The summed E-state index contributed by atoms with van der Waals surface area (Å²) in [6.45, 7) is 13.6. The van der Waals surface area contributed by atoms with E-state index >= 15 is 0 Å². The molecule has 1 aromatic heterocycles. The predicted molar refractivity (Wildman–Crippen MR) is 105 cm³/mol. The van der Waals surface area contributed by atoms with Gasteiger partial charge in [-0.1, -0.05) is 60.5 Å². The summed E-state index contributed by atoms with van der Waals surface area (Å²) < 4.78 is 0. The summed E-state index contributed by atoms with van der Waals surface area (Å²) in [6, 6.07) is 9.68. The van der Waals surface area contributed by atoms with Gasteiger partial charge in [0.25, 0.3) is 0 Å². The van der Waals surface area contributed by atoms with Crippen molar-refractivity contribution in [1.29, 1.82) is 0 Å². The molecule has 1 aliphatic carbocycles. The van der Waals surface area contributed by atoms with Gasteiger partial charge in [-0.2, -0.15) is 0 Å². The Hall–Kier alpha value is -1.57. The third-order valence-corrected chi connectivity index (χ3v) is 5.11. The van der Waals surface area contributed by atoms with Gasteiger partial charge in [0.1, 0.15) is 0 Å². The van der Waals surface area contributed by atoms with Gasteiger partial charge >= 0.3 is 0 Å². The molecule has 0 spiro atoms. The molecule has 0 saturated heterocycles. The first-order chi connectivity index (χ1) is 11.1. The maximum Gasteiger partial charge on any atom is 0.0729 e. The van der Waals surface area contributed by atoms with E-state index in [0.29, 0.717) is 6.04 Å². The zero-order chi connectivity index (χ0) is 17.5. The van der Waals surface area contributed by atoms with E-state index in [9.17, 15) is 0 Å². The number of hydrogen-bond acceptors (Lipinski definition) is 2. The standard InChI is InChI=1S/C22H32N2/c1-21(2,3)18-14-20(22(4,5)6)24-19-13-16(11-12-17(18)19)23-15-9-7-8-10-15/h11-15,23H,7-10H2,1-6H3. The van der Waals surface area contributed by atoms with E-state index in [-0.39, 0.29) is 10.8 Å². The van der Waals surface area contributed by atoms with E-state index in [2.05, 4.69) is 71.1 Å². The molecule has 1 aromatic carbocycles. The van der Waals surface area contributed by atoms with Crippen LogP contribution in [0.4, 0.5) is 5.69 Å². The summed E-state index contributed by atoms with van der Waals surface area (Å²) in [5.41, 5.74) is 5.08. The Balaban J connectivity index is 2.09. The Morgan fingerprint density at radius 2 is 1.58 bits per heavy atom. The number of hydrogen-bond donors (Lipinski definition) is 1. The number of rotatable bonds is 2. The Bertz CT molecular complexity index is 726. The highest BCUT2D eigenvalue weighted by Gasteiger charge is 2.23. The molecule has 1 aliphatic rings. The summed E-state index contributed by atoms with van der Waals surface area (Å²) in [4.78, 5) is 5.02. The maximum absolute atomic E-state index is 5.02. The van der Waals surface area contributed by atoms with Crippen LogP contribution in [0.15, 0.2) is 24.3 Å². The van der Waals surface area contributed by atoms with Gasteiger partial charge in [-0.25, -0.2) is 0 Å². The van der Waals surface area contributed by atoms with Crippen molar-refractivity contribution in [3.8, 4) is 0 Å². The van der Waals surface area contributed by atoms with Gasteiger partial charge in [0.2, 0.25) is 0 Å². The zero-order valence-electron chi connectivity index (χ0n) is 16.2. The second kappa shape index (κ2) is 6.06. The number of aromatic nitrogens is 1. The number of nitrogens with one attached hydrogen (secondary N) is 1. The SMILES string of the molecule is CC(C)(C)c1cc(C(C)(C)C)c2ccc(NC3CCCC3)cc2n1. The lowest BCUT2D eigenvalue weighted by Gasteiger charge is -2.26. The minimum Gasteiger partial charge on any atom is -0.382 e. The summed E-state index contributed by atoms with van der Waals surface area (Å²) in [5.74, 6) is 0. The molecule has 1 saturated carbocycles. The summed E-state index contributed by atoms with van der Waals surface area (Å²) in [7, 11) is 0. The van der Waals surface area contributed by atoms with Gasteiger partial charge in [-0.15, -0.1) is 0 Å². The fourth-order valence-corrected chi connectivity index (χ4v) is 3.63. The maximum atomic E-state index is 5.02. The van der Waals surface area contributed by atoms with Crippen LogP contribution in [-0.4, -0.2) is 11.0 Å². The topological polar surface area (TPSA) is 24.9 Å². The molecule has 1 heterocycles. The molecule has 130 valence electrons. The molecule has 2 aromatic rings. The number of benzene rings is 1. The van der Waals surface area contributed by atoms with E-state index in [0.717, 1.165) is 5.52 Å². The van der Waals surface area contributed by atoms with Gasteiger partial charge in [-0.05, 0) is 42.0 Å². The Kier molecular flexibility index (Phi) is 4.36. The molecule has 0 aliphatic heterocycles. The van der Waals surface area contributed by atoms with E-state index < -0.39 is 0 Å². The zero-order valence-corrected chi connectivity index (χ0v) is 16.2. The second-order valence-electron chi connectivity index (χ2n) is 9.41. The van der Waals surface area contributed by atoms with Crippen molar-refractivity contribution in [3.05, 3.63) is 35.5 Å². The van der Waals surface area contributed by atoms with Crippen LogP contribution < -0.4 is 5.32 Å². The van der Waals surface area contributed by atoms with Crippen molar-refractivity contribution in [1.82, 2.24) is 4.98 Å². The lowest BCUT2D eigenvalue weighted by molar-refractivity contribution is 0.558. The van der Waals surface area contributed by atoms with Crippen molar-refractivity contribution in [2.24, 2.45) is 0 Å². The molecular formula is C22H32N2. The lowest BCUT2D eigenvalue weighted by atomic mass is 9.81. The Morgan fingerprint density at radius 1 is 0.917 bits per heavy atom. The summed E-state index contributed by atoms with van der Waals surface area (Å²) in [6.07, 6.45) is 5.29. The van der Waals surface area contributed by atoms with E-state index in [1.54, 1.807) is 0 Å². The molecule has 24 heavy (non-hydrogen) atoms. The van der Waals surface area contributed by atoms with Crippen molar-refractivity contribution in [2.75, 3.05) is 5.32 Å². The van der Waals surface area contributed by atoms with Crippen LogP contribution in [0.3, 0.4) is 0 Å².